The zero-order valence-electron chi connectivity index (χ0n) is 6.45. The second-order valence-electron chi connectivity index (χ2n) is 2.42. The van der Waals surface area contributed by atoms with Gasteiger partial charge in [0.25, 0.3) is 0 Å². The van der Waals surface area contributed by atoms with Crippen LogP contribution in [-0.4, -0.2) is 11.1 Å². The van der Waals surface area contributed by atoms with E-state index in [1.165, 1.54) is 12.1 Å². The summed E-state index contributed by atoms with van der Waals surface area (Å²) < 4.78 is 0. The van der Waals surface area contributed by atoms with E-state index in [0.717, 1.165) is 0 Å². The third-order valence-corrected chi connectivity index (χ3v) is 1.61. The second kappa shape index (κ2) is 3.23. The van der Waals surface area contributed by atoms with Crippen molar-refractivity contribution in [3.05, 3.63) is 29.3 Å². The molecule has 0 spiro atoms. The van der Waals surface area contributed by atoms with E-state index in [9.17, 15) is 4.79 Å². The van der Waals surface area contributed by atoms with Gasteiger partial charge in [0.15, 0.2) is 0 Å². The summed E-state index contributed by atoms with van der Waals surface area (Å²) in [6.45, 7) is 0.257. The van der Waals surface area contributed by atoms with E-state index in [0.29, 0.717) is 11.3 Å². The molecule has 1 aromatic rings. The summed E-state index contributed by atoms with van der Waals surface area (Å²) in [6.07, 6.45) is 0. The Kier molecular flexibility index (Phi) is 2.30. The maximum absolute atomic E-state index is 10.5. The number of nitrogens with two attached hydrogens (primary N) is 2. The van der Waals surface area contributed by atoms with Crippen LogP contribution in [0.3, 0.4) is 0 Å². The van der Waals surface area contributed by atoms with Gasteiger partial charge in [0.05, 0.1) is 5.56 Å². The second-order valence-corrected chi connectivity index (χ2v) is 2.42. The van der Waals surface area contributed by atoms with Gasteiger partial charge >= 0.3 is 5.97 Å². The fourth-order valence-corrected chi connectivity index (χ4v) is 0.916. The summed E-state index contributed by atoms with van der Waals surface area (Å²) >= 11 is 0. The molecule has 1 rings (SSSR count). The highest BCUT2D eigenvalue weighted by Gasteiger charge is 2.04. The topological polar surface area (TPSA) is 89.3 Å². The Bertz CT molecular complexity index is 310. The van der Waals surface area contributed by atoms with Gasteiger partial charge in [0.2, 0.25) is 0 Å². The molecule has 64 valence electrons. The van der Waals surface area contributed by atoms with Crippen LogP contribution in [0.1, 0.15) is 15.9 Å². The maximum Gasteiger partial charge on any atom is 0.335 e. The van der Waals surface area contributed by atoms with Gasteiger partial charge < -0.3 is 16.6 Å². The van der Waals surface area contributed by atoms with Crippen molar-refractivity contribution >= 4 is 11.7 Å². The molecular formula is C8H10N2O2. The van der Waals surface area contributed by atoms with Gasteiger partial charge in [-0.15, -0.1) is 0 Å². The molecule has 0 aliphatic rings. The first-order chi connectivity index (χ1) is 5.65. The van der Waals surface area contributed by atoms with Gasteiger partial charge in [-0.3, -0.25) is 0 Å². The van der Waals surface area contributed by atoms with Crippen LogP contribution in [0.15, 0.2) is 18.2 Å². The summed E-state index contributed by atoms with van der Waals surface area (Å²) in [5.74, 6) is -0.968. The van der Waals surface area contributed by atoms with Crippen molar-refractivity contribution in [2.45, 2.75) is 6.54 Å². The van der Waals surface area contributed by atoms with Crippen LogP contribution in [0.25, 0.3) is 0 Å². The molecule has 0 bridgehead atoms. The number of nitrogen functional groups attached to an aromatic ring is 1. The van der Waals surface area contributed by atoms with Crippen molar-refractivity contribution in [2.75, 3.05) is 5.73 Å². The molecule has 0 aromatic heterocycles. The van der Waals surface area contributed by atoms with E-state index < -0.39 is 5.97 Å². The maximum atomic E-state index is 10.5. The quantitative estimate of drug-likeness (QED) is 0.555. The highest BCUT2D eigenvalue weighted by Crippen LogP contribution is 2.13. The Morgan fingerprint density at radius 1 is 1.50 bits per heavy atom. The molecule has 4 heteroatoms. The van der Waals surface area contributed by atoms with Crippen LogP contribution < -0.4 is 11.5 Å². The molecule has 1 aromatic carbocycles. The normalized spacial score (nSPS) is 9.75. The zero-order chi connectivity index (χ0) is 9.14. The van der Waals surface area contributed by atoms with Crippen LogP contribution in [0, 0.1) is 0 Å². The zero-order valence-corrected chi connectivity index (χ0v) is 6.45. The molecule has 0 atom stereocenters. The number of carboxylic acids is 1. The van der Waals surface area contributed by atoms with Gasteiger partial charge in [-0.2, -0.15) is 0 Å². The number of carboxylic acid groups (broad SMARTS) is 1. The molecule has 0 saturated heterocycles. The SMILES string of the molecule is NCc1cc(C(=O)O)ccc1N. The Morgan fingerprint density at radius 2 is 2.17 bits per heavy atom. The third kappa shape index (κ3) is 1.54. The summed E-state index contributed by atoms with van der Waals surface area (Å²) in [4.78, 5) is 10.5. The Hall–Kier alpha value is -1.55. The minimum atomic E-state index is -0.968. The standard InChI is InChI=1S/C8H10N2O2/c9-4-6-3-5(8(11)12)1-2-7(6)10/h1-3H,4,9-10H2,(H,11,12). The molecule has 0 amide bonds. The molecule has 0 radical (unpaired) electrons. The fourth-order valence-electron chi connectivity index (χ4n) is 0.916. The van der Waals surface area contributed by atoms with Crippen molar-refractivity contribution in [2.24, 2.45) is 5.73 Å². The number of anilines is 1. The third-order valence-electron chi connectivity index (χ3n) is 1.61. The summed E-state index contributed by atoms with van der Waals surface area (Å²) in [6, 6.07) is 4.49. The van der Waals surface area contributed by atoms with Crippen LogP contribution in [0.2, 0.25) is 0 Å². The molecule has 0 unspecified atom stereocenters. The molecule has 0 heterocycles. The van der Waals surface area contributed by atoms with Crippen LogP contribution in [-0.2, 0) is 6.54 Å². The molecule has 0 aliphatic carbocycles. The van der Waals surface area contributed by atoms with E-state index in [-0.39, 0.29) is 12.1 Å². The molecule has 0 saturated carbocycles. The van der Waals surface area contributed by atoms with Gasteiger partial charge in [-0.25, -0.2) is 4.79 Å². The highest BCUT2D eigenvalue weighted by molar-refractivity contribution is 5.88. The number of hydrogen-bond acceptors (Lipinski definition) is 3. The highest BCUT2D eigenvalue weighted by atomic mass is 16.4. The van der Waals surface area contributed by atoms with Crippen molar-refractivity contribution in [1.29, 1.82) is 0 Å². The van der Waals surface area contributed by atoms with Gasteiger partial charge in [-0.05, 0) is 23.8 Å². The predicted molar refractivity (Wildman–Crippen MR) is 45.7 cm³/mol. The van der Waals surface area contributed by atoms with E-state index in [1.54, 1.807) is 6.07 Å². The number of hydrogen-bond donors (Lipinski definition) is 3. The predicted octanol–water partition coefficient (Wildman–Crippen LogP) is 0.426. The summed E-state index contributed by atoms with van der Waals surface area (Å²) in [5, 5.41) is 8.61. The average Bonchev–Trinajstić information content (AvgIpc) is 2.05. The van der Waals surface area contributed by atoms with E-state index in [4.69, 9.17) is 16.6 Å². The smallest absolute Gasteiger partial charge is 0.335 e. The number of carbonyl (C=O) groups is 1. The summed E-state index contributed by atoms with van der Waals surface area (Å²) in [7, 11) is 0. The van der Waals surface area contributed by atoms with Crippen molar-refractivity contribution in [1.82, 2.24) is 0 Å². The monoisotopic (exact) mass is 166 g/mol. The van der Waals surface area contributed by atoms with Crippen molar-refractivity contribution in [3.8, 4) is 0 Å². The van der Waals surface area contributed by atoms with Gasteiger partial charge in [0, 0.05) is 12.2 Å². The number of aromatic carboxylic acids is 1. The minimum Gasteiger partial charge on any atom is -0.478 e. The molecule has 12 heavy (non-hydrogen) atoms. The minimum absolute atomic E-state index is 0.213. The van der Waals surface area contributed by atoms with Gasteiger partial charge in [-0.1, -0.05) is 0 Å². The molecule has 4 nitrogen and oxygen atoms in total. The largest absolute Gasteiger partial charge is 0.478 e. The number of rotatable bonds is 2. The molecule has 0 fully saturated rings. The lowest BCUT2D eigenvalue weighted by Crippen LogP contribution is -2.04. The Labute approximate surface area is 69.8 Å². The summed E-state index contributed by atoms with van der Waals surface area (Å²) in [5.41, 5.74) is 12.3. The molecule has 0 aliphatic heterocycles. The lowest BCUT2D eigenvalue weighted by atomic mass is 10.1. The fraction of sp³-hybridized carbons (Fsp3) is 0.125. The lowest BCUT2D eigenvalue weighted by molar-refractivity contribution is 0.0697. The lowest BCUT2D eigenvalue weighted by Gasteiger charge is -2.02. The molecular weight excluding hydrogens is 156 g/mol. The first-order valence-corrected chi connectivity index (χ1v) is 3.47. The van der Waals surface area contributed by atoms with Crippen molar-refractivity contribution < 1.29 is 9.90 Å². The average molecular weight is 166 g/mol. The van der Waals surface area contributed by atoms with Crippen LogP contribution in [0.5, 0.6) is 0 Å². The first-order valence-electron chi connectivity index (χ1n) is 3.47. The van der Waals surface area contributed by atoms with E-state index >= 15 is 0 Å². The van der Waals surface area contributed by atoms with Crippen molar-refractivity contribution in [3.63, 3.8) is 0 Å². The van der Waals surface area contributed by atoms with Gasteiger partial charge in [0.1, 0.15) is 0 Å². The van der Waals surface area contributed by atoms with E-state index in [1.807, 2.05) is 0 Å². The van der Waals surface area contributed by atoms with Crippen LogP contribution >= 0.6 is 0 Å². The molecule has 5 N–H and O–H groups in total. The number of benzene rings is 1. The first kappa shape index (κ1) is 8.55. The Morgan fingerprint density at radius 3 is 2.67 bits per heavy atom. The van der Waals surface area contributed by atoms with Crippen LogP contribution in [0.4, 0.5) is 5.69 Å². The Balaban J connectivity index is 3.13. The van der Waals surface area contributed by atoms with E-state index in [2.05, 4.69) is 0 Å².